The van der Waals surface area contributed by atoms with Crippen LogP contribution in [0.25, 0.3) is 0 Å². The molecule has 0 bridgehead atoms. The summed E-state index contributed by atoms with van der Waals surface area (Å²) in [7, 11) is 1.62. The second-order valence-electron chi connectivity index (χ2n) is 8.64. The first-order chi connectivity index (χ1) is 19.1. The van der Waals surface area contributed by atoms with E-state index >= 15 is 0 Å². The predicted octanol–water partition coefficient (Wildman–Crippen LogP) is 5.83. The minimum Gasteiger partial charge on any atom is -0.493 e. The number of anilines is 2. The Labute approximate surface area is 230 Å². The largest absolute Gasteiger partial charge is 0.493 e. The second kappa shape index (κ2) is 16.6. The van der Waals surface area contributed by atoms with Gasteiger partial charge in [-0.2, -0.15) is 0 Å². The first kappa shape index (κ1) is 29.3. The Kier molecular flexibility index (Phi) is 12.5. The molecule has 9 heteroatoms. The Bertz CT molecular complexity index is 1080. The number of rotatable bonds is 15. The molecule has 3 aromatic carbocycles. The van der Waals surface area contributed by atoms with Gasteiger partial charge in [0.2, 0.25) is 0 Å². The highest BCUT2D eigenvalue weighted by molar-refractivity contribution is 5.84. The van der Waals surface area contributed by atoms with Crippen molar-refractivity contribution in [1.82, 2.24) is 4.90 Å². The number of carbonyl (C=O) groups is 2. The van der Waals surface area contributed by atoms with Crippen molar-refractivity contribution in [2.24, 2.45) is 0 Å². The summed E-state index contributed by atoms with van der Waals surface area (Å²) in [6.07, 6.45) is 0.502. The average molecular weight is 536 g/mol. The van der Waals surface area contributed by atoms with E-state index in [0.717, 1.165) is 17.7 Å². The number of para-hydroxylation sites is 3. The molecule has 3 aromatic rings. The van der Waals surface area contributed by atoms with Crippen LogP contribution >= 0.6 is 0 Å². The van der Waals surface area contributed by atoms with Crippen molar-refractivity contribution in [2.75, 3.05) is 57.2 Å². The van der Waals surface area contributed by atoms with Gasteiger partial charge in [0.1, 0.15) is 13.2 Å². The van der Waals surface area contributed by atoms with Crippen LogP contribution in [0.1, 0.15) is 18.9 Å². The molecule has 0 unspecified atom stereocenters. The van der Waals surface area contributed by atoms with Crippen LogP contribution in [0.5, 0.6) is 11.5 Å². The molecule has 3 rings (SSSR count). The summed E-state index contributed by atoms with van der Waals surface area (Å²) in [5, 5.41) is 5.41. The maximum atomic E-state index is 12.2. The van der Waals surface area contributed by atoms with Gasteiger partial charge in [-0.15, -0.1) is 0 Å². The molecule has 39 heavy (non-hydrogen) atoms. The van der Waals surface area contributed by atoms with E-state index in [1.54, 1.807) is 31.4 Å². The maximum Gasteiger partial charge on any atom is 0.411 e. The van der Waals surface area contributed by atoms with E-state index < -0.39 is 12.2 Å². The summed E-state index contributed by atoms with van der Waals surface area (Å²) in [5.74, 6) is 1.42. The van der Waals surface area contributed by atoms with Crippen LogP contribution in [0.4, 0.5) is 21.0 Å². The highest BCUT2D eigenvalue weighted by Crippen LogP contribution is 2.31. The number of benzene rings is 3. The zero-order valence-corrected chi connectivity index (χ0v) is 22.6. The van der Waals surface area contributed by atoms with Crippen molar-refractivity contribution >= 4 is 23.6 Å². The fourth-order valence-electron chi connectivity index (χ4n) is 3.79. The summed E-state index contributed by atoms with van der Waals surface area (Å²) in [4.78, 5) is 26.5. The van der Waals surface area contributed by atoms with Gasteiger partial charge >= 0.3 is 12.2 Å². The molecule has 0 spiro atoms. The zero-order valence-electron chi connectivity index (χ0n) is 22.6. The van der Waals surface area contributed by atoms with Crippen molar-refractivity contribution < 1.29 is 28.5 Å². The van der Waals surface area contributed by atoms with Gasteiger partial charge in [0.15, 0.2) is 11.5 Å². The Hall–Kier alpha value is -4.24. The molecule has 2 N–H and O–H groups in total. The van der Waals surface area contributed by atoms with Crippen molar-refractivity contribution in [3.63, 3.8) is 0 Å². The van der Waals surface area contributed by atoms with E-state index in [1.807, 2.05) is 54.6 Å². The van der Waals surface area contributed by atoms with Crippen molar-refractivity contribution in [1.29, 1.82) is 0 Å². The highest BCUT2D eigenvalue weighted by Gasteiger charge is 2.14. The number of hydrogen-bond donors (Lipinski definition) is 2. The SMILES string of the molecule is CCCOc1c(CCN(CCOC(=O)Nc2ccccc2)CCOC(=O)Nc2ccccc2)cccc1OC. The first-order valence-corrected chi connectivity index (χ1v) is 13.1. The van der Waals surface area contributed by atoms with Crippen LogP contribution in [0.15, 0.2) is 78.9 Å². The van der Waals surface area contributed by atoms with Crippen LogP contribution in [0.2, 0.25) is 0 Å². The smallest absolute Gasteiger partial charge is 0.411 e. The van der Waals surface area contributed by atoms with Gasteiger partial charge < -0.3 is 18.9 Å². The molecule has 208 valence electrons. The summed E-state index contributed by atoms with van der Waals surface area (Å²) in [6, 6.07) is 24.1. The van der Waals surface area contributed by atoms with Gasteiger partial charge in [0, 0.05) is 31.0 Å². The molecule has 0 fully saturated rings. The first-order valence-electron chi connectivity index (χ1n) is 13.1. The fraction of sp³-hybridized carbons (Fsp3) is 0.333. The molecule has 0 aliphatic rings. The minimum absolute atomic E-state index is 0.173. The molecule has 2 amide bonds. The molecule has 0 radical (unpaired) electrons. The number of hydrogen-bond acceptors (Lipinski definition) is 7. The number of carbonyl (C=O) groups excluding carboxylic acids is 2. The molecular weight excluding hydrogens is 498 g/mol. The minimum atomic E-state index is -0.525. The summed E-state index contributed by atoms with van der Waals surface area (Å²) >= 11 is 0. The standard InChI is InChI=1S/C30H37N3O6/c1-3-21-37-28-24(11-10-16-27(28)36-2)17-18-33(19-22-38-29(34)31-25-12-6-4-7-13-25)20-23-39-30(35)32-26-14-8-5-9-15-26/h4-16H,3,17-23H2,1-2H3,(H,31,34)(H,32,35). The van der Waals surface area contributed by atoms with E-state index in [4.69, 9.17) is 18.9 Å². The lowest BCUT2D eigenvalue weighted by Gasteiger charge is -2.23. The van der Waals surface area contributed by atoms with Crippen LogP contribution < -0.4 is 20.1 Å². The molecule has 0 saturated carbocycles. The molecule has 0 heterocycles. The van der Waals surface area contributed by atoms with E-state index in [-0.39, 0.29) is 13.2 Å². The van der Waals surface area contributed by atoms with Gasteiger partial charge in [-0.25, -0.2) is 9.59 Å². The average Bonchev–Trinajstić information content (AvgIpc) is 2.95. The number of methoxy groups -OCH3 is 1. The van der Waals surface area contributed by atoms with Crippen molar-refractivity contribution in [3.8, 4) is 11.5 Å². The molecule has 0 aromatic heterocycles. The van der Waals surface area contributed by atoms with Crippen molar-refractivity contribution in [2.45, 2.75) is 19.8 Å². The van der Waals surface area contributed by atoms with E-state index in [0.29, 0.717) is 49.8 Å². The fourth-order valence-corrected chi connectivity index (χ4v) is 3.79. The van der Waals surface area contributed by atoms with Crippen LogP contribution in [0.3, 0.4) is 0 Å². The predicted molar refractivity (Wildman–Crippen MR) is 152 cm³/mol. The number of ether oxygens (including phenoxy) is 4. The third-order valence-electron chi connectivity index (χ3n) is 5.75. The maximum absolute atomic E-state index is 12.2. The number of amides is 2. The zero-order chi connectivity index (χ0) is 27.7. The van der Waals surface area contributed by atoms with Crippen LogP contribution in [-0.4, -0.2) is 63.7 Å². The summed E-state index contributed by atoms with van der Waals surface area (Å²) in [5.41, 5.74) is 2.34. The van der Waals surface area contributed by atoms with E-state index in [9.17, 15) is 9.59 Å². The second-order valence-corrected chi connectivity index (χ2v) is 8.64. The highest BCUT2D eigenvalue weighted by atomic mass is 16.6. The summed E-state index contributed by atoms with van der Waals surface area (Å²) in [6.45, 7) is 4.54. The summed E-state index contributed by atoms with van der Waals surface area (Å²) < 4.78 is 22.3. The normalized spacial score (nSPS) is 10.5. The van der Waals surface area contributed by atoms with E-state index in [2.05, 4.69) is 22.5 Å². The van der Waals surface area contributed by atoms with Crippen molar-refractivity contribution in [3.05, 3.63) is 84.4 Å². The lowest BCUT2D eigenvalue weighted by molar-refractivity contribution is 0.118. The Morgan fingerprint density at radius 1 is 0.718 bits per heavy atom. The third-order valence-corrected chi connectivity index (χ3v) is 5.75. The molecule has 0 atom stereocenters. The lowest BCUT2D eigenvalue weighted by atomic mass is 10.1. The molecular formula is C30H37N3O6. The third kappa shape index (κ3) is 10.6. The van der Waals surface area contributed by atoms with Gasteiger partial charge in [-0.05, 0) is 48.7 Å². The Balaban J connectivity index is 1.56. The van der Waals surface area contributed by atoms with Gasteiger partial charge in [-0.3, -0.25) is 15.5 Å². The molecule has 9 nitrogen and oxygen atoms in total. The van der Waals surface area contributed by atoms with Crippen LogP contribution in [-0.2, 0) is 15.9 Å². The number of nitrogens with zero attached hydrogens (tertiary/aromatic N) is 1. The van der Waals surface area contributed by atoms with Gasteiger partial charge in [0.25, 0.3) is 0 Å². The topological polar surface area (TPSA) is 98.4 Å². The quantitative estimate of drug-likeness (QED) is 0.253. The molecule has 0 saturated heterocycles. The van der Waals surface area contributed by atoms with E-state index in [1.165, 1.54) is 0 Å². The van der Waals surface area contributed by atoms with Crippen LogP contribution in [0, 0.1) is 0 Å². The molecule has 0 aliphatic carbocycles. The number of nitrogens with one attached hydrogen (secondary N) is 2. The Morgan fingerprint density at radius 2 is 1.28 bits per heavy atom. The monoisotopic (exact) mass is 535 g/mol. The Morgan fingerprint density at radius 3 is 1.79 bits per heavy atom. The van der Waals surface area contributed by atoms with Gasteiger partial charge in [-0.1, -0.05) is 55.5 Å². The van der Waals surface area contributed by atoms with Gasteiger partial charge in [0.05, 0.1) is 13.7 Å². The molecule has 0 aliphatic heterocycles. The lowest BCUT2D eigenvalue weighted by Crippen LogP contribution is -2.34.